The Balaban J connectivity index is 1.68. The summed E-state index contributed by atoms with van der Waals surface area (Å²) in [7, 11) is 1.71. The topological polar surface area (TPSA) is 67.1 Å². The van der Waals surface area contributed by atoms with Crippen molar-refractivity contribution < 1.29 is 14.3 Å². The van der Waals surface area contributed by atoms with E-state index in [2.05, 4.69) is 10.4 Å². The normalized spacial score (nSPS) is 12.0. The molecule has 1 aromatic heterocycles. The lowest BCUT2D eigenvalue weighted by molar-refractivity contribution is -0.129. The first-order valence-corrected chi connectivity index (χ1v) is 8.73. The molecule has 0 radical (unpaired) electrons. The molecular weight excluding hydrogens is 369 g/mol. The Bertz CT molecular complexity index is 970. The first-order valence-electron chi connectivity index (χ1n) is 8.35. The second-order valence-corrected chi connectivity index (χ2v) is 6.71. The Kier molecular flexibility index (Phi) is 5.58. The third kappa shape index (κ3) is 4.35. The Labute approximate surface area is 161 Å². The van der Waals surface area contributed by atoms with Gasteiger partial charge < -0.3 is 10.4 Å². The molecule has 1 heterocycles. The van der Waals surface area contributed by atoms with Gasteiger partial charge in [0, 0.05) is 35.9 Å². The standard InChI is InChI=1S/C20H19ClFN3O2/c1-12-17(11-25(2)24-12)19(26)20(27)23-10-15-4-3-14(9-18(15)22)13-5-7-16(21)8-6-13/h3-9,11,19,26H,10H2,1-2H3,(H,23,27). The number of hydrogen-bond donors (Lipinski definition) is 2. The average Bonchev–Trinajstić information content (AvgIpc) is 2.98. The number of aliphatic hydroxyl groups is 1. The summed E-state index contributed by atoms with van der Waals surface area (Å²) in [4.78, 5) is 12.2. The first kappa shape index (κ1) is 19.1. The smallest absolute Gasteiger partial charge is 0.253 e. The molecule has 3 aromatic rings. The van der Waals surface area contributed by atoms with Gasteiger partial charge in [-0.25, -0.2) is 4.39 Å². The third-order valence-electron chi connectivity index (χ3n) is 4.28. The fourth-order valence-electron chi connectivity index (χ4n) is 2.82. The molecule has 1 amide bonds. The van der Waals surface area contributed by atoms with Gasteiger partial charge in [0.25, 0.3) is 5.91 Å². The number of carbonyl (C=O) groups is 1. The number of hydrogen-bond acceptors (Lipinski definition) is 3. The predicted molar refractivity (Wildman–Crippen MR) is 102 cm³/mol. The van der Waals surface area contributed by atoms with E-state index in [-0.39, 0.29) is 6.54 Å². The van der Waals surface area contributed by atoms with Gasteiger partial charge in [-0.3, -0.25) is 9.48 Å². The molecule has 0 spiro atoms. The summed E-state index contributed by atoms with van der Waals surface area (Å²) in [5.74, 6) is -1.04. The summed E-state index contributed by atoms with van der Waals surface area (Å²) in [5, 5.41) is 17.4. The van der Waals surface area contributed by atoms with Gasteiger partial charge in [0.1, 0.15) is 5.82 Å². The van der Waals surface area contributed by atoms with Gasteiger partial charge >= 0.3 is 0 Å². The van der Waals surface area contributed by atoms with Gasteiger partial charge in [-0.1, -0.05) is 35.9 Å². The lowest BCUT2D eigenvalue weighted by Crippen LogP contribution is -2.29. The SMILES string of the molecule is Cc1nn(C)cc1C(O)C(=O)NCc1ccc(-c2ccc(Cl)cc2)cc1F. The minimum Gasteiger partial charge on any atom is -0.378 e. The number of aromatic nitrogens is 2. The largest absolute Gasteiger partial charge is 0.378 e. The van der Waals surface area contributed by atoms with Crippen LogP contribution in [0.4, 0.5) is 4.39 Å². The molecule has 2 aromatic carbocycles. The van der Waals surface area contributed by atoms with Crippen molar-refractivity contribution in [2.75, 3.05) is 0 Å². The highest BCUT2D eigenvalue weighted by Gasteiger charge is 2.21. The minimum atomic E-state index is -1.35. The highest BCUT2D eigenvalue weighted by Crippen LogP contribution is 2.24. The Morgan fingerprint density at radius 2 is 1.93 bits per heavy atom. The molecule has 5 nitrogen and oxygen atoms in total. The van der Waals surface area contributed by atoms with E-state index in [0.717, 1.165) is 5.56 Å². The molecule has 0 bridgehead atoms. The molecule has 0 fully saturated rings. The van der Waals surface area contributed by atoms with E-state index in [9.17, 15) is 14.3 Å². The molecule has 1 atom stereocenters. The summed E-state index contributed by atoms with van der Waals surface area (Å²) in [6, 6.07) is 11.9. The lowest BCUT2D eigenvalue weighted by Gasteiger charge is -2.12. The van der Waals surface area contributed by atoms with Crippen molar-refractivity contribution >= 4 is 17.5 Å². The maximum Gasteiger partial charge on any atom is 0.253 e. The summed E-state index contributed by atoms with van der Waals surface area (Å²) >= 11 is 5.87. The number of halogens is 2. The Morgan fingerprint density at radius 1 is 1.26 bits per heavy atom. The number of nitrogens with zero attached hydrogens (tertiary/aromatic N) is 2. The van der Waals surface area contributed by atoms with Crippen molar-refractivity contribution in [2.24, 2.45) is 7.05 Å². The highest BCUT2D eigenvalue weighted by atomic mass is 35.5. The number of nitrogens with one attached hydrogen (secondary N) is 1. The molecule has 7 heteroatoms. The van der Waals surface area contributed by atoms with Crippen LogP contribution in [0.3, 0.4) is 0 Å². The predicted octanol–water partition coefficient (Wildman–Crippen LogP) is 3.54. The third-order valence-corrected chi connectivity index (χ3v) is 4.53. The summed E-state index contributed by atoms with van der Waals surface area (Å²) < 4.78 is 15.9. The molecule has 3 rings (SSSR count). The maximum atomic E-state index is 14.4. The van der Waals surface area contributed by atoms with Crippen LogP contribution in [0.25, 0.3) is 11.1 Å². The van der Waals surface area contributed by atoms with Gasteiger partial charge in [-0.15, -0.1) is 0 Å². The number of aryl methyl sites for hydroxylation is 2. The van der Waals surface area contributed by atoms with Gasteiger partial charge in [-0.05, 0) is 36.2 Å². The summed E-state index contributed by atoms with van der Waals surface area (Å²) in [6.07, 6.45) is 0.233. The van der Waals surface area contributed by atoms with Crippen LogP contribution in [-0.4, -0.2) is 20.8 Å². The Hall–Kier alpha value is -2.70. The minimum absolute atomic E-state index is 0.0259. The van der Waals surface area contributed by atoms with Crippen molar-refractivity contribution in [1.29, 1.82) is 0 Å². The molecule has 0 aliphatic heterocycles. The number of benzene rings is 2. The maximum absolute atomic E-state index is 14.4. The molecule has 27 heavy (non-hydrogen) atoms. The van der Waals surface area contributed by atoms with E-state index in [1.807, 2.05) is 12.1 Å². The first-order chi connectivity index (χ1) is 12.8. The molecule has 0 aliphatic carbocycles. The van der Waals surface area contributed by atoms with Gasteiger partial charge in [0.15, 0.2) is 6.10 Å². The monoisotopic (exact) mass is 387 g/mol. The summed E-state index contributed by atoms with van der Waals surface area (Å²) in [5.41, 5.74) is 2.88. The van der Waals surface area contributed by atoms with Crippen LogP contribution in [0.5, 0.6) is 0 Å². The summed E-state index contributed by atoms with van der Waals surface area (Å²) in [6.45, 7) is 1.68. The Morgan fingerprint density at radius 3 is 2.52 bits per heavy atom. The number of carbonyl (C=O) groups excluding carboxylic acids is 1. The van der Waals surface area contributed by atoms with Crippen LogP contribution in [0.1, 0.15) is 22.9 Å². The number of amides is 1. The van der Waals surface area contributed by atoms with Crippen molar-refractivity contribution in [2.45, 2.75) is 19.6 Å². The van der Waals surface area contributed by atoms with Crippen LogP contribution >= 0.6 is 11.6 Å². The van der Waals surface area contributed by atoms with Crippen molar-refractivity contribution in [3.63, 3.8) is 0 Å². The molecule has 1 unspecified atom stereocenters. The van der Waals surface area contributed by atoms with Crippen LogP contribution in [0.15, 0.2) is 48.7 Å². The molecule has 0 aliphatic rings. The van der Waals surface area contributed by atoms with E-state index in [1.165, 1.54) is 10.7 Å². The second kappa shape index (κ2) is 7.90. The number of aliphatic hydroxyl groups excluding tert-OH is 1. The van der Waals surface area contributed by atoms with E-state index in [4.69, 9.17) is 11.6 Å². The van der Waals surface area contributed by atoms with Gasteiger partial charge in [0.05, 0.1) is 5.69 Å². The second-order valence-electron chi connectivity index (χ2n) is 6.28. The zero-order chi connectivity index (χ0) is 19.6. The van der Waals surface area contributed by atoms with E-state index in [0.29, 0.717) is 27.4 Å². The fraction of sp³-hybridized carbons (Fsp3) is 0.200. The molecule has 140 valence electrons. The van der Waals surface area contributed by atoms with Crippen LogP contribution in [0, 0.1) is 12.7 Å². The van der Waals surface area contributed by atoms with E-state index < -0.39 is 17.8 Å². The molecule has 0 saturated carbocycles. The van der Waals surface area contributed by atoms with Crippen LogP contribution in [0.2, 0.25) is 5.02 Å². The average molecular weight is 388 g/mol. The molecular formula is C20H19ClFN3O2. The quantitative estimate of drug-likeness (QED) is 0.703. The lowest BCUT2D eigenvalue weighted by atomic mass is 10.0. The van der Waals surface area contributed by atoms with E-state index >= 15 is 0 Å². The molecule has 0 saturated heterocycles. The molecule has 2 N–H and O–H groups in total. The van der Waals surface area contributed by atoms with Crippen LogP contribution in [-0.2, 0) is 18.4 Å². The van der Waals surface area contributed by atoms with Crippen molar-refractivity contribution in [3.8, 4) is 11.1 Å². The van der Waals surface area contributed by atoms with Gasteiger partial charge in [-0.2, -0.15) is 5.10 Å². The fourth-order valence-corrected chi connectivity index (χ4v) is 2.95. The van der Waals surface area contributed by atoms with Crippen molar-refractivity contribution in [3.05, 3.63) is 76.3 Å². The zero-order valence-corrected chi connectivity index (χ0v) is 15.7. The van der Waals surface area contributed by atoms with Crippen LogP contribution < -0.4 is 5.32 Å². The number of rotatable bonds is 5. The van der Waals surface area contributed by atoms with Crippen molar-refractivity contribution in [1.82, 2.24) is 15.1 Å². The highest BCUT2D eigenvalue weighted by molar-refractivity contribution is 6.30. The van der Waals surface area contributed by atoms with Gasteiger partial charge in [0.2, 0.25) is 0 Å². The van der Waals surface area contributed by atoms with E-state index in [1.54, 1.807) is 44.4 Å². The zero-order valence-electron chi connectivity index (χ0n) is 14.9.